The zero-order valence-electron chi connectivity index (χ0n) is 4.02. The van der Waals surface area contributed by atoms with Crippen LogP contribution in [-0.4, -0.2) is 5.97 Å². The van der Waals surface area contributed by atoms with Gasteiger partial charge in [0.2, 0.25) is 0 Å². The molecule has 0 aromatic rings. The predicted molar refractivity (Wildman–Crippen MR) is 15.3 cm³/mol. The van der Waals surface area contributed by atoms with Crippen LogP contribution >= 0.6 is 0 Å². The van der Waals surface area contributed by atoms with Crippen molar-refractivity contribution in [1.82, 2.24) is 0 Å². The van der Waals surface area contributed by atoms with Gasteiger partial charge in [0.1, 0.15) is 0 Å². The van der Waals surface area contributed by atoms with E-state index in [1.807, 2.05) is 0 Å². The summed E-state index contributed by atoms with van der Waals surface area (Å²) in [5.41, 5.74) is 0. The average Bonchev–Trinajstić information content (AvgIpc) is 1.38. The summed E-state index contributed by atoms with van der Waals surface area (Å²) in [5, 5.41) is 9.26. The number of rotatable bonds is 1. The van der Waals surface area contributed by atoms with E-state index >= 15 is 0 Å². The van der Waals surface area contributed by atoms with Crippen molar-refractivity contribution < 1.29 is 78.8 Å². The second kappa shape index (κ2) is 6.52. The molecule has 0 unspecified atom stereocenters. The number of carboxylic acid groups (broad SMARTS) is 1. The normalized spacial score (nSPS) is 6.17. The van der Waals surface area contributed by atoms with Gasteiger partial charge in [0.25, 0.3) is 0 Å². The van der Waals surface area contributed by atoms with Crippen LogP contribution < -0.4 is 74.0 Å². The minimum Gasteiger partial charge on any atom is -0.550 e. The third-order valence-corrected chi connectivity index (χ3v) is 0.289. The number of hydrogen-bond donors (Lipinski definition) is 0. The molecule has 0 saturated heterocycles. The number of hydrogen-bond acceptors (Lipinski definition) is 2. The van der Waals surface area contributed by atoms with E-state index < -0.39 is 5.97 Å². The van der Waals surface area contributed by atoms with Crippen molar-refractivity contribution in [3.05, 3.63) is 0 Å². The van der Waals surface area contributed by atoms with Gasteiger partial charge in [-0.15, -0.1) is 0 Å². The van der Waals surface area contributed by atoms with Gasteiger partial charge in [0, 0.05) is 5.97 Å². The van der Waals surface area contributed by atoms with Gasteiger partial charge in [0.15, 0.2) is 0 Å². The summed E-state index contributed by atoms with van der Waals surface area (Å²) in [6, 6.07) is 0. The summed E-state index contributed by atoms with van der Waals surface area (Å²) in [6.07, 6.45) is 0.111. The molecule has 0 radical (unpaired) electrons. The minimum absolute atomic E-state index is 0. The molecular weight excluding hydrogens is 201 g/mol. The first-order valence-corrected chi connectivity index (χ1v) is 1.47. The monoisotopic (exact) mass is 206 g/mol. The molecule has 6 heavy (non-hydrogen) atoms. The summed E-state index contributed by atoms with van der Waals surface area (Å²) in [5.74, 6) is -0.995. The Hall–Kier alpha value is 1.52. The molecule has 2 nitrogen and oxygen atoms in total. The Bertz CT molecular complexity index is 44.1. The van der Waals surface area contributed by atoms with Gasteiger partial charge in [-0.25, -0.2) is 0 Å². The molecule has 0 amide bonds. The standard InChI is InChI=1S/C3H6O2.Cs/c1-2-3(4)5;/h2H2,1H3,(H,4,5);/q;+1/p-1. The molecular formula is C3H5CsO2. The van der Waals surface area contributed by atoms with E-state index in [2.05, 4.69) is 0 Å². The number of aliphatic carboxylic acids is 1. The molecule has 30 valence electrons. The largest absolute Gasteiger partial charge is 1.00 e. The van der Waals surface area contributed by atoms with Gasteiger partial charge in [-0.05, 0) is 6.42 Å². The summed E-state index contributed by atoms with van der Waals surface area (Å²) < 4.78 is 0. The van der Waals surface area contributed by atoms with Crippen LogP contribution in [-0.2, 0) is 4.79 Å². The molecule has 0 N–H and O–H groups in total. The van der Waals surface area contributed by atoms with E-state index in [-0.39, 0.29) is 75.3 Å². The topological polar surface area (TPSA) is 40.1 Å². The van der Waals surface area contributed by atoms with Crippen molar-refractivity contribution >= 4 is 5.97 Å². The predicted octanol–water partition coefficient (Wildman–Crippen LogP) is -3.85. The van der Waals surface area contributed by atoms with Gasteiger partial charge >= 0.3 is 68.9 Å². The van der Waals surface area contributed by atoms with E-state index in [4.69, 9.17) is 0 Å². The Morgan fingerprint density at radius 2 is 2.00 bits per heavy atom. The van der Waals surface area contributed by atoms with Crippen LogP contribution in [0.4, 0.5) is 0 Å². The van der Waals surface area contributed by atoms with Crippen LogP contribution in [0.25, 0.3) is 0 Å². The summed E-state index contributed by atoms with van der Waals surface area (Å²) >= 11 is 0. The Balaban J connectivity index is 0. The average molecular weight is 206 g/mol. The fraction of sp³-hybridized carbons (Fsp3) is 0.667. The van der Waals surface area contributed by atoms with Gasteiger partial charge < -0.3 is 9.90 Å². The van der Waals surface area contributed by atoms with Crippen molar-refractivity contribution in [1.29, 1.82) is 0 Å². The van der Waals surface area contributed by atoms with Crippen molar-refractivity contribution in [3.8, 4) is 0 Å². The van der Waals surface area contributed by atoms with Crippen molar-refractivity contribution in [3.63, 3.8) is 0 Å². The molecule has 0 atom stereocenters. The van der Waals surface area contributed by atoms with Gasteiger partial charge in [-0.3, -0.25) is 0 Å². The van der Waals surface area contributed by atoms with Gasteiger partial charge in [-0.2, -0.15) is 0 Å². The second-order valence-corrected chi connectivity index (χ2v) is 0.726. The van der Waals surface area contributed by atoms with Crippen LogP contribution in [0.15, 0.2) is 0 Å². The van der Waals surface area contributed by atoms with E-state index in [1.165, 1.54) is 6.92 Å². The van der Waals surface area contributed by atoms with Gasteiger partial charge in [0.05, 0.1) is 0 Å². The van der Waals surface area contributed by atoms with E-state index in [1.54, 1.807) is 0 Å². The van der Waals surface area contributed by atoms with Crippen LogP contribution in [0.5, 0.6) is 0 Å². The molecule has 0 aromatic carbocycles. The van der Waals surface area contributed by atoms with Crippen LogP contribution in [0, 0.1) is 0 Å². The molecule has 0 heterocycles. The Morgan fingerprint density at radius 1 is 1.83 bits per heavy atom. The molecule has 0 aromatic heterocycles. The third-order valence-electron chi connectivity index (χ3n) is 0.289. The number of carboxylic acids is 1. The molecule has 0 saturated carbocycles. The Kier molecular flexibility index (Phi) is 11.4. The molecule has 0 aliphatic heterocycles. The van der Waals surface area contributed by atoms with E-state index in [0.717, 1.165) is 0 Å². The zero-order valence-corrected chi connectivity index (χ0v) is 10.3. The summed E-state index contributed by atoms with van der Waals surface area (Å²) in [6.45, 7) is 1.54. The van der Waals surface area contributed by atoms with Crippen LogP contribution in [0.3, 0.4) is 0 Å². The summed E-state index contributed by atoms with van der Waals surface area (Å²) in [7, 11) is 0. The first-order valence-electron chi connectivity index (χ1n) is 1.47. The first kappa shape index (κ1) is 10.5. The molecule has 0 bridgehead atoms. The van der Waals surface area contributed by atoms with Crippen molar-refractivity contribution in [2.75, 3.05) is 0 Å². The maximum Gasteiger partial charge on any atom is 1.00 e. The van der Waals surface area contributed by atoms with E-state index in [9.17, 15) is 9.90 Å². The smallest absolute Gasteiger partial charge is 0.550 e. The number of carbonyl (C=O) groups is 1. The number of carbonyl (C=O) groups excluding carboxylic acids is 1. The maximum atomic E-state index is 9.26. The fourth-order valence-electron chi connectivity index (χ4n) is 0. The quantitative estimate of drug-likeness (QED) is 0.440. The molecule has 0 aliphatic carbocycles. The van der Waals surface area contributed by atoms with Gasteiger partial charge in [-0.1, -0.05) is 6.92 Å². The second-order valence-electron chi connectivity index (χ2n) is 0.726. The van der Waals surface area contributed by atoms with Crippen LogP contribution in [0.2, 0.25) is 0 Å². The SMILES string of the molecule is CCC(=O)[O-].[Cs+]. The van der Waals surface area contributed by atoms with Crippen molar-refractivity contribution in [2.24, 2.45) is 0 Å². The molecule has 0 rings (SSSR count). The first-order chi connectivity index (χ1) is 2.27. The fourth-order valence-corrected chi connectivity index (χ4v) is 0. The minimum atomic E-state index is -0.995. The molecule has 0 spiro atoms. The summed E-state index contributed by atoms with van der Waals surface area (Å²) in [4.78, 5) is 9.26. The Morgan fingerprint density at radius 3 is 2.00 bits per heavy atom. The molecule has 0 fully saturated rings. The van der Waals surface area contributed by atoms with E-state index in [0.29, 0.717) is 0 Å². The zero-order chi connectivity index (χ0) is 4.28. The molecule has 3 heteroatoms. The van der Waals surface area contributed by atoms with Crippen LogP contribution in [0.1, 0.15) is 13.3 Å². The molecule has 0 aliphatic rings. The third kappa shape index (κ3) is 9.10. The Labute approximate surface area is 95.7 Å². The van der Waals surface area contributed by atoms with Crippen molar-refractivity contribution in [2.45, 2.75) is 13.3 Å². The maximum absolute atomic E-state index is 9.26.